The van der Waals surface area contributed by atoms with Crippen LogP contribution in [0.4, 0.5) is 11.4 Å². The van der Waals surface area contributed by atoms with Crippen LogP contribution in [0, 0.1) is 0 Å². The van der Waals surface area contributed by atoms with E-state index in [1.807, 2.05) is 0 Å². The molecule has 7 heteroatoms. The predicted molar refractivity (Wildman–Crippen MR) is 84.9 cm³/mol. The van der Waals surface area contributed by atoms with Gasteiger partial charge in [-0.3, -0.25) is 4.79 Å². The van der Waals surface area contributed by atoms with Gasteiger partial charge in [0.05, 0.1) is 22.0 Å². The number of rotatable bonds is 3. The number of amides is 1. The third kappa shape index (κ3) is 3.53. The third-order valence-electron chi connectivity index (χ3n) is 2.72. The number of hydrogen-bond acceptors (Lipinski definition) is 3. The SMILES string of the molecule is Nc1cc(C(=O)Nc2ccc(Br)cc2C(=O)O)ccc1Cl. The Kier molecular flexibility index (Phi) is 4.50. The Bertz CT molecular complexity index is 734. The summed E-state index contributed by atoms with van der Waals surface area (Å²) >= 11 is 8.98. The molecule has 0 aliphatic heterocycles. The molecule has 21 heavy (non-hydrogen) atoms. The highest BCUT2D eigenvalue weighted by Gasteiger charge is 2.14. The number of carboxylic acids is 1. The van der Waals surface area contributed by atoms with Gasteiger partial charge < -0.3 is 16.2 Å². The highest BCUT2D eigenvalue weighted by molar-refractivity contribution is 9.10. The van der Waals surface area contributed by atoms with E-state index in [-0.39, 0.29) is 22.5 Å². The molecule has 0 radical (unpaired) electrons. The van der Waals surface area contributed by atoms with Crippen molar-refractivity contribution in [1.82, 2.24) is 0 Å². The number of nitrogen functional groups attached to an aromatic ring is 1. The molecular weight excluding hydrogens is 360 g/mol. The van der Waals surface area contributed by atoms with Crippen LogP contribution in [0.3, 0.4) is 0 Å². The average molecular weight is 370 g/mol. The lowest BCUT2D eigenvalue weighted by molar-refractivity contribution is 0.0698. The third-order valence-corrected chi connectivity index (χ3v) is 3.56. The van der Waals surface area contributed by atoms with Crippen molar-refractivity contribution in [3.8, 4) is 0 Å². The monoisotopic (exact) mass is 368 g/mol. The van der Waals surface area contributed by atoms with E-state index in [9.17, 15) is 9.59 Å². The van der Waals surface area contributed by atoms with Crippen molar-refractivity contribution in [3.63, 3.8) is 0 Å². The summed E-state index contributed by atoms with van der Waals surface area (Å²) in [7, 11) is 0. The van der Waals surface area contributed by atoms with Gasteiger partial charge in [0.2, 0.25) is 0 Å². The number of nitrogens with one attached hydrogen (secondary N) is 1. The molecular formula is C14H10BrClN2O3. The second-order valence-corrected chi connectivity index (χ2v) is 5.51. The lowest BCUT2D eigenvalue weighted by Gasteiger charge is -2.09. The normalized spacial score (nSPS) is 10.2. The highest BCUT2D eigenvalue weighted by atomic mass is 79.9. The summed E-state index contributed by atoms with van der Waals surface area (Å²) in [5, 5.41) is 12.0. The van der Waals surface area contributed by atoms with E-state index in [0.29, 0.717) is 9.50 Å². The molecule has 108 valence electrons. The number of hydrogen-bond donors (Lipinski definition) is 3. The van der Waals surface area contributed by atoms with Gasteiger partial charge in [0.1, 0.15) is 0 Å². The minimum atomic E-state index is -1.14. The fourth-order valence-corrected chi connectivity index (χ4v) is 2.16. The molecule has 0 aliphatic carbocycles. The number of carboxylic acid groups (broad SMARTS) is 1. The number of carbonyl (C=O) groups excluding carboxylic acids is 1. The van der Waals surface area contributed by atoms with E-state index in [0.717, 1.165) is 0 Å². The molecule has 0 fully saturated rings. The smallest absolute Gasteiger partial charge is 0.337 e. The number of anilines is 2. The molecule has 0 unspecified atom stereocenters. The summed E-state index contributed by atoms with van der Waals surface area (Å²) in [6.07, 6.45) is 0. The Hall–Kier alpha value is -2.05. The molecule has 1 amide bonds. The molecule has 0 aliphatic rings. The number of benzene rings is 2. The summed E-state index contributed by atoms with van der Waals surface area (Å²) < 4.78 is 0.605. The molecule has 5 nitrogen and oxygen atoms in total. The van der Waals surface area contributed by atoms with Gasteiger partial charge in [-0.15, -0.1) is 0 Å². The van der Waals surface area contributed by atoms with Gasteiger partial charge in [0, 0.05) is 10.0 Å². The van der Waals surface area contributed by atoms with Crippen molar-refractivity contribution in [2.45, 2.75) is 0 Å². The van der Waals surface area contributed by atoms with Crippen LogP contribution in [0.5, 0.6) is 0 Å². The van der Waals surface area contributed by atoms with Gasteiger partial charge in [-0.05, 0) is 36.4 Å². The van der Waals surface area contributed by atoms with Crippen molar-refractivity contribution < 1.29 is 14.7 Å². The fourth-order valence-electron chi connectivity index (χ4n) is 1.68. The highest BCUT2D eigenvalue weighted by Crippen LogP contribution is 2.23. The lowest BCUT2D eigenvalue weighted by Crippen LogP contribution is -2.15. The Morgan fingerprint density at radius 1 is 1.19 bits per heavy atom. The zero-order chi connectivity index (χ0) is 15.6. The number of nitrogens with two attached hydrogens (primary N) is 1. The molecule has 0 aromatic heterocycles. The molecule has 0 spiro atoms. The van der Waals surface area contributed by atoms with E-state index < -0.39 is 11.9 Å². The summed E-state index contributed by atoms with van der Waals surface area (Å²) in [6, 6.07) is 8.99. The van der Waals surface area contributed by atoms with Crippen LogP contribution in [-0.2, 0) is 0 Å². The number of aromatic carboxylic acids is 1. The molecule has 0 bridgehead atoms. The van der Waals surface area contributed by atoms with Gasteiger partial charge in [0.15, 0.2) is 0 Å². The Morgan fingerprint density at radius 3 is 2.52 bits per heavy atom. The van der Waals surface area contributed by atoms with Gasteiger partial charge >= 0.3 is 5.97 Å². The van der Waals surface area contributed by atoms with Crippen LogP contribution in [0.1, 0.15) is 20.7 Å². The second kappa shape index (κ2) is 6.15. The van der Waals surface area contributed by atoms with Crippen molar-refractivity contribution in [2.75, 3.05) is 11.1 Å². The van der Waals surface area contributed by atoms with Crippen LogP contribution in [0.25, 0.3) is 0 Å². The molecule has 0 atom stereocenters. The minimum absolute atomic E-state index is 0.0142. The van der Waals surface area contributed by atoms with Crippen molar-refractivity contribution in [2.24, 2.45) is 0 Å². The fraction of sp³-hybridized carbons (Fsp3) is 0. The first-order valence-corrected chi connectivity index (χ1v) is 6.95. The van der Waals surface area contributed by atoms with Crippen molar-refractivity contribution >= 4 is 50.8 Å². The van der Waals surface area contributed by atoms with Crippen molar-refractivity contribution in [3.05, 3.63) is 57.0 Å². The molecule has 0 saturated carbocycles. The molecule has 2 aromatic rings. The van der Waals surface area contributed by atoms with Crippen LogP contribution in [0.2, 0.25) is 5.02 Å². The lowest BCUT2D eigenvalue weighted by atomic mass is 10.1. The first-order valence-electron chi connectivity index (χ1n) is 5.77. The molecule has 4 N–H and O–H groups in total. The maximum absolute atomic E-state index is 12.1. The van der Waals surface area contributed by atoms with Gasteiger partial charge in [-0.25, -0.2) is 4.79 Å². The van der Waals surface area contributed by atoms with Gasteiger partial charge in [0.25, 0.3) is 5.91 Å². The van der Waals surface area contributed by atoms with Gasteiger partial charge in [-0.2, -0.15) is 0 Å². The first-order chi connectivity index (χ1) is 9.88. The zero-order valence-electron chi connectivity index (χ0n) is 10.6. The summed E-state index contributed by atoms with van der Waals surface area (Å²) in [4.78, 5) is 23.3. The van der Waals surface area contributed by atoms with Crippen molar-refractivity contribution in [1.29, 1.82) is 0 Å². The van der Waals surface area contributed by atoms with E-state index in [2.05, 4.69) is 21.2 Å². The largest absolute Gasteiger partial charge is 0.478 e. The Morgan fingerprint density at radius 2 is 1.90 bits per heavy atom. The van der Waals surface area contributed by atoms with E-state index in [1.165, 1.54) is 30.3 Å². The van der Waals surface area contributed by atoms with E-state index >= 15 is 0 Å². The number of halogens is 2. The maximum atomic E-state index is 12.1. The van der Waals surface area contributed by atoms with Gasteiger partial charge in [-0.1, -0.05) is 27.5 Å². The molecule has 2 aromatic carbocycles. The Balaban J connectivity index is 2.31. The zero-order valence-corrected chi connectivity index (χ0v) is 12.9. The summed E-state index contributed by atoms with van der Waals surface area (Å²) in [5.74, 6) is -1.61. The second-order valence-electron chi connectivity index (χ2n) is 4.19. The number of carbonyl (C=O) groups is 2. The standard InChI is InChI=1S/C14H10BrClN2O3/c15-8-2-4-12(9(6-8)14(20)21)18-13(19)7-1-3-10(16)11(17)5-7/h1-6H,17H2,(H,18,19)(H,20,21). The molecule has 0 saturated heterocycles. The predicted octanol–water partition coefficient (Wildman–Crippen LogP) is 3.64. The quantitative estimate of drug-likeness (QED) is 0.720. The van der Waals surface area contributed by atoms with E-state index in [1.54, 1.807) is 6.07 Å². The maximum Gasteiger partial charge on any atom is 0.337 e. The molecule has 0 heterocycles. The Labute approximate surface area is 133 Å². The van der Waals surface area contributed by atoms with Crippen LogP contribution < -0.4 is 11.1 Å². The van der Waals surface area contributed by atoms with Crippen LogP contribution >= 0.6 is 27.5 Å². The molecule has 2 rings (SSSR count). The minimum Gasteiger partial charge on any atom is -0.478 e. The first kappa shape index (κ1) is 15.3. The summed E-state index contributed by atoms with van der Waals surface area (Å²) in [6.45, 7) is 0. The van der Waals surface area contributed by atoms with Crippen LogP contribution in [-0.4, -0.2) is 17.0 Å². The van der Waals surface area contributed by atoms with E-state index in [4.69, 9.17) is 22.4 Å². The average Bonchev–Trinajstić information content (AvgIpc) is 2.43. The summed E-state index contributed by atoms with van der Waals surface area (Å²) in [5.41, 5.74) is 6.39. The topological polar surface area (TPSA) is 92.4 Å². The van der Waals surface area contributed by atoms with Crippen LogP contribution in [0.15, 0.2) is 40.9 Å².